The van der Waals surface area contributed by atoms with Crippen molar-refractivity contribution in [1.82, 2.24) is 19.6 Å². The molecule has 0 saturated heterocycles. The molecule has 7 nitrogen and oxygen atoms in total. The number of Topliss-reactive ketones (excluding diaryl/α,β-unsaturated/α-hetero) is 1. The topological polar surface area (TPSA) is 89.3 Å². The summed E-state index contributed by atoms with van der Waals surface area (Å²) < 4.78 is 7.34. The van der Waals surface area contributed by atoms with Gasteiger partial charge in [0.2, 0.25) is 0 Å². The van der Waals surface area contributed by atoms with Gasteiger partial charge in [-0.1, -0.05) is 29.8 Å². The highest BCUT2D eigenvalue weighted by Gasteiger charge is 2.19. The number of ketones is 1. The van der Waals surface area contributed by atoms with Crippen molar-refractivity contribution in [2.75, 3.05) is 11.9 Å². The first-order valence-electron chi connectivity index (χ1n) is 9.41. The molecule has 0 amide bonds. The number of ether oxygens (including phenoxy) is 1. The molecule has 1 aromatic carbocycles. The molecule has 3 aromatic rings. The predicted molar refractivity (Wildman–Crippen MR) is 112 cm³/mol. The number of H-pyrrole nitrogens is 1. The van der Waals surface area contributed by atoms with Crippen molar-refractivity contribution < 1.29 is 9.53 Å². The van der Waals surface area contributed by atoms with Crippen LogP contribution in [0, 0.1) is 0 Å². The summed E-state index contributed by atoms with van der Waals surface area (Å²) in [5.41, 5.74) is 2.04. The van der Waals surface area contributed by atoms with Gasteiger partial charge in [-0.2, -0.15) is 0 Å². The summed E-state index contributed by atoms with van der Waals surface area (Å²) in [5.74, 6) is 1.61. The minimum Gasteiger partial charge on any atom is -0.493 e. The fourth-order valence-electron chi connectivity index (χ4n) is 3.13. The van der Waals surface area contributed by atoms with Crippen LogP contribution in [0.5, 0.6) is 5.75 Å². The molecular formula is C20H23BrN4O3. The lowest BCUT2D eigenvalue weighted by Gasteiger charge is -2.11. The largest absolute Gasteiger partial charge is 0.493 e. The average Bonchev–Trinajstić information content (AvgIpc) is 3.06. The number of nitrogens with zero attached hydrogens (tertiary/aromatic N) is 3. The molecular weight excluding hydrogens is 424 g/mol. The number of rotatable bonds is 8. The summed E-state index contributed by atoms with van der Waals surface area (Å²) in [6.45, 7) is 6.36. The minimum atomic E-state index is -0.253. The Morgan fingerprint density at radius 2 is 2.07 bits per heavy atom. The zero-order valence-electron chi connectivity index (χ0n) is 16.2. The molecule has 0 atom stereocenters. The van der Waals surface area contributed by atoms with E-state index in [4.69, 9.17) is 4.74 Å². The lowest BCUT2D eigenvalue weighted by Crippen LogP contribution is -2.16. The van der Waals surface area contributed by atoms with Crippen LogP contribution in [0.2, 0.25) is 0 Å². The van der Waals surface area contributed by atoms with E-state index in [0.717, 1.165) is 24.4 Å². The van der Waals surface area contributed by atoms with Gasteiger partial charge < -0.3 is 9.72 Å². The van der Waals surface area contributed by atoms with Gasteiger partial charge in [-0.05, 0) is 38.0 Å². The number of halogens is 1. The SMILES string of the molecule is CCCc1nc(CC)c2c(=O)[nH]c(-c3cc(C(=O)CBr)ccc3OCC)nn12. The van der Waals surface area contributed by atoms with E-state index in [1.807, 2.05) is 13.8 Å². The first-order chi connectivity index (χ1) is 13.5. The van der Waals surface area contributed by atoms with E-state index in [1.165, 1.54) is 0 Å². The lowest BCUT2D eigenvalue weighted by molar-refractivity contribution is 0.102. The molecule has 0 aliphatic carbocycles. The third-order valence-corrected chi connectivity index (χ3v) is 4.94. The first-order valence-corrected chi connectivity index (χ1v) is 10.5. The van der Waals surface area contributed by atoms with Gasteiger partial charge in [0.15, 0.2) is 17.1 Å². The van der Waals surface area contributed by atoms with Crippen LogP contribution in [-0.2, 0) is 12.8 Å². The van der Waals surface area contributed by atoms with Gasteiger partial charge in [0.05, 0.1) is 23.2 Å². The molecule has 0 fully saturated rings. The van der Waals surface area contributed by atoms with Gasteiger partial charge in [0.25, 0.3) is 5.56 Å². The van der Waals surface area contributed by atoms with E-state index in [-0.39, 0.29) is 16.7 Å². The maximum absolute atomic E-state index is 12.8. The number of hydrogen-bond acceptors (Lipinski definition) is 5. The summed E-state index contributed by atoms with van der Waals surface area (Å²) >= 11 is 3.20. The number of aryl methyl sites for hydroxylation is 2. The normalized spacial score (nSPS) is 11.1. The number of aromatic nitrogens is 4. The molecule has 0 bridgehead atoms. The summed E-state index contributed by atoms with van der Waals surface area (Å²) in [4.78, 5) is 32.4. The molecule has 0 spiro atoms. The second-order valence-electron chi connectivity index (χ2n) is 6.34. The molecule has 0 radical (unpaired) electrons. The van der Waals surface area contributed by atoms with Gasteiger partial charge in [0.1, 0.15) is 11.6 Å². The quantitative estimate of drug-likeness (QED) is 0.421. The number of benzene rings is 1. The molecule has 0 aliphatic rings. The number of fused-ring (bicyclic) bond motifs is 1. The molecule has 2 heterocycles. The number of nitrogens with one attached hydrogen (secondary N) is 1. The van der Waals surface area contributed by atoms with Crippen molar-refractivity contribution in [3.63, 3.8) is 0 Å². The number of alkyl halides is 1. The lowest BCUT2D eigenvalue weighted by atomic mass is 10.1. The van der Waals surface area contributed by atoms with Crippen LogP contribution in [0.3, 0.4) is 0 Å². The summed E-state index contributed by atoms with van der Waals surface area (Å²) in [7, 11) is 0. The van der Waals surface area contributed by atoms with Crippen molar-refractivity contribution in [3.05, 3.63) is 45.6 Å². The Morgan fingerprint density at radius 1 is 1.29 bits per heavy atom. The molecule has 0 saturated carbocycles. The third kappa shape index (κ3) is 3.73. The standard InChI is InChI=1S/C20H23BrN4O3/c1-4-7-17-22-14(5-2)18-20(27)23-19(24-25(17)18)13-10-12(15(26)11-21)8-9-16(13)28-6-3/h8-10H,4-7,11H2,1-3H3,(H,23,24,27). The third-order valence-electron chi connectivity index (χ3n) is 4.43. The number of aromatic amines is 1. The molecule has 0 aliphatic heterocycles. The summed E-state index contributed by atoms with van der Waals surface area (Å²) in [5, 5.41) is 4.87. The van der Waals surface area contributed by atoms with E-state index >= 15 is 0 Å². The first kappa shape index (κ1) is 20.3. The van der Waals surface area contributed by atoms with Gasteiger partial charge in [-0.15, -0.1) is 5.10 Å². The molecule has 8 heteroatoms. The van der Waals surface area contributed by atoms with Crippen LogP contribution in [0.25, 0.3) is 16.9 Å². The summed E-state index contributed by atoms with van der Waals surface area (Å²) in [6.07, 6.45) is 2.26. The number of carbonyl (C=O) groups is 1. The van der Waals surface area contributed by atoms with Gasteiger partial charge >= 0.3 is 0 Å². The Balaban J connectivity index is 2.27. The molecule has 28 heavy (non-hydrogen) atoms. The molecule has 1 N–H and O–H groups in total. The maximum Gasteiger partial charge on any atom is 0.277 e. The van der Waals surface area contributed by atoms with Gasteiger partial charge in [-0.3, -0.25) is 9.59 Å². The van der Waals surface area contributed by atoms with E-state index in [9.17, 15) is 9.59 Å². The van der Waals surface area contributed by atoms with Crippen LogP contribution in [-0.4, -0.2) is 37.3 Å². The van der Waals surface area contributed by atoms with Crippen molar-refractivity contribution in [2.24, 2.45) is 0 Å². The fourth-order valence-corrected chi connectivity index (χ4v) is 3.46. The summed E-state index contributed by atoms with van der Waals surface area (Å²) in [6, 6.07) is 5.15. The zero-order valence-corrected chi connectivity index (χ0v) is 17.8. The van der Waals surface area contributed by atoms with Crippen LogP contribution in [0.15, 0.2) is 23.0 Å². The monoisotopic (exact) mass is 446 g/mol. The number of imidazole rings is 1. The van der Waals surface area contributed by atoms with Crippen molar-refractivity contribution >= 4 is 27.2 Å². The van der Waals surface area contributed by atoms with Crippen LogP contribution >= 0.6 is 15.9 Å². The number of hydrogen-bond donors (Lipinski definition) is 1. The Kier molecular flexibility index (Phi) is 6.28. The van der Waals surface area contributed by atoms with Crippen molar-refractivity contribution in [2.45, 2.75) is 40.0 Å². The van der Waals surface area contributed by atoms with E-state index < -0.39 is 0 Å². The van der Waals surface area contributed by atoms with Crippen molar-refractivity contribution in [1.29, 1.82) is 0 Å². The van der Waals surface area contributed by atoms with Gasteiger partial charge in [-0.25, -0.2) is 9.50 Å². The van der Waals surface area contributed by atoms with E-state index in [2.05, 4.69) is 37.9 Å². The highest BCUT2D eigenvalue weighted by atomic mass is 79.9. The van der Waals surface area contributed by atoms with Crippen LogP contribution in [0.1, 0.15) is 49.1 Å². The highest BCUT2D eigenvalue weighted by molar-refractivity contribution is 9.09. The van der Waals surface area contributed by atoms with Crippen molar-refractivity contribution in [3.8, 4) is 17.1 Å². The van der Waals surface area contributed by atoms with Crippen LogP contribution < -0.4 is 10.3 Å². The average molecular weight is 447 g/mol. The number of carbonyl (C=O) groups excluding carboxylic acids is 1. The Hall–Kier alpha value is -2.48. The Bertz CT molecular complexity index is 1070. The second kappa shape index (κ2) is 8.68. The molecule has 148 valence electrons. The highest BCUT2D eigenvalue weighted by Crippen LogP contribution is 2.29. The van der Waals surface area contributed by atoms with Gasteiger partial charge in [0, 0.05) is 12.0 Å². The predicted octanol–water partition coefficient (Wildman–Crippen LogP) is 3.58. The molecule has 0 unspecified atom stereocenters. The maximum atomic E-state index is 12.8. The van der Waals surface area contributed by atoms with Crippen LogP contribution in [0.4, 0.5) is 0 Å². The Morgan fingerprint density at radius 3 is 2.71 bits per heavy atom. The molecule has 3 rings (SSSR count). The Labute approximate surface area is 171 Å². The minimum absolute atomic E-state index is 0.0599. The fraction of sp³-hybridized carbons (Fsp3) is 0.400. The molecule has 2 aromatic heterocycles. The second-order valence-corrected chi connectivity index (χ2v) is 6.90. The smallest absolute Gasteiger partial charge is 0.277 e. The van der Waals surface area contributed by atoms with E-state index in [1.54, 1.807) is 22.7 Å². The zero-order chi connectivity index (χ0) is 20.3. The van der Waals surface area contributed by atoms with E-state index in [0.29, 0.717) is 41.2 Å².